The van der Waals surface area contributed by atoms with E-state index in [1.54, 1.807) is 0 Å². The molecular formula is C27H50N2O4. The van der Waals surface area contributed by atoms with Gasteiger partial charge in [-0.15, -0.1) is 0 Å². The minimum Gasteiger partial charge on any atom is -0.481 e. The van der Waals surface area contributed by atoms with Crippen LogP contribution in [0.4, 0.5) is 0 Å². The molecular weight excluding hydrogens is 416 g/mol. The smallest absolute Gasteiger partial charge is 0.317 e. The average molecular weight is 467 g/mol. The molecule has 0 aromatic carbocycles. The number of ether oxygens (including phenoxy) is 1. The van der Waals surface area contributed by atoms with E-state index in [1.165, 1.54) is 0 Å². The Labute approximate surface area is 202 Å². The van der Waals surface area contributed by atoms with Crippen LogP contribution in [0.25, 0.3) is 0 Å². The third kappa shape index (κ3) is 4.47. The minimum atomic E-state index is -1.13. The van der Waals surface area contributed by atoms with Crippen molar-refractivity contribution in [1.29, 1.82) is 0 Å². The Hall–Kier alpha value is -1.14. The highest BCUT2D eigenvalue weighted by Gasteiger charge is 2.65. The lowest BCUT2D eigenvalue weighted by atomic mass is 9.48. The summed E-state index contributed by atoms with van der Waals surface area (Å²) in [6.45, 7) is 22.4. The highest BCUT2D eigenvalue weighted by Crippen LogP contribution is 2.61. The minimum absolute atomic E-state index is 0.0980. The van der Waals surface area contributed by atoms with Crippen LogP contribution in [0.15, 0.2) is 0 Å². The van der Waals surface area contributed by atoms with Crippen LogP contribution in [0.3, 0.4) is 0 Å². The van der Waals surface area contributed by atoms with E-state index in [4.69, 9.17) is 4.74 Å². The molecule has 2 rings (SSSR count). The van der Waals surface area contributed by atoms with Crippen LogP contribution in [-0.4, -0.2) is 70.7 Å². The summed E-state index contributed by atoms with van der Waals surface area (Å²) in [5.41, 5.74) is -1.21. The monoisotopic (exact) mass is 466 g/mol. The van der Waals surface area contributed by atoms with Gasteiger partial charge in [-0.25, -0.2) is 0 Å². The molecule has 6 heteroatoms. The first-order valence-electron chi connectivity index (χ1n) is 12.8. The standard InChI is InChI=1S/C27H50N2O4/c1-12-15-27(33-22(32)18-21(30)31,19-13-16-28(10)25(6,7)23(19,2)3)20-14-17-29(11)26(8,9)24(20,4)5/h19-20H,12-18H2,1-11H3,(H,30,31). The Bertz CT molecular complexity index is 698. The van der Waals surface area contributed by atoms with Gasteiger partial charge in [0.15, 0.2) is 0 Å². The molecule has 0 spiro atoms. The maximum atomic E-state index is 13.1. The van der Waals surface area contributed by atoms with E-state index in [9.17, 15) is 14.7 Å². The van der Waals surface area contributed by atoms with Gasteiger partial charge in [0.25, 0.3) is 0 Å². The lowest BCUT2D eigenvalue weighted by molar-refractivity contribution is -0.236. The van der Waals surface area contributed by atoms with Crippen LogP contribution in [-0.2, 0) is 14.3 Å². The second-order valence-electron chi connectivity index (χ2n) is 12.8. The molecule has 2 unspecified atom stereocenters. The normalized spacial score (nSPS) is 30.9. The van der Waals surface area contributed by atoms with Gasteiger partial charge < -0.3 is 19.6 Å². The molecule has 0 saturated carbocycles. The average Bonchev–Trinajstić information content (AvgIpc) is 2.64. The molecule has 6 nitrogen and oxygen atoms in total. The molecule has 0 bridgehead atoms. The lowest BCUT2D eigenvalue weighted by Crippen LogP contribution is -2.71. The largest absolute Gasteiger partial charge is 0.481 e. The maximum Gasteiger partial charge on any atom is 0.317 e. The predicted octanol–water partition coefficient (Wildman–Crippen LogP) is 5.06. The number of piperidine rings is 2. The van der Waals surface area contributed by atoms with Gasteiger partial charge in [-0.2, -0.15) is 0 Å². The summed E-state index contributed by atoms with van der Waals surface area (Å²) in [5.74, 6) is -1.48. The molecule has 0 aliphatic carbocycles. The van der Waals surface area contributed by atoms with E-state index in [0.29, 0.717) is 0 Å². The number of hydrogen-bond acceptors (Lipinski definition) is 5. The SMILES string of the molecule is CCCC(OC(=O)CC(=O)O)(C1CCN(C)C(C)(C)C1(C)C)C1CCN(C)C(C)(C)C1(C)C. The Morgan fingerprint density at radius 2 is 1.27 bits per heavy atom. The number of carbonyl (C=O) groups is 2. The van der Waals surface area contributed by atoms with Crippen LogP contribution in [0.5, 0.6) is 0 Å². The molecule has 0 radical (unpaired) electrons. The van der Waals surface area contributed by atoms with Crippen LogP contribution in [0.2, 0.25) is 0 Å². The molecule has 0 amide bonds. The first kappa shape index (κ1) is 28.1. The van der Waals surface area contributed by atoms with Gasteiger partial charge in [0.2, 0.25) is 0 Å². The molecule has 0 aromatic rings. The Morgan fingerprint density at radius 1 is 0.879 bits per heavy atom. The Morgan fingerprint density at radius 3 is 1.61 bits per heavy atom. The second-order valence-corrected chi connectivity index (χ2v) is 12.8. The summed E-state index contributed by atoms with van der Waals surface area (Å²) in [7, 11) is 4.36. The third-order valence-corrected chi connectivity index (χ3v) is 10.7. The van der Waals surface area contributed by atoms with Crippen molar-refractivity contribution in [1.82, 2.24) is 9.80 Å². The molecule has 2 saturated heterocycles. The number of carboxylic acid groups (broad SMARTS) is 1. The highest BCUT2D eigenvalue weighted by atomic mass is 16.6. The van der Waals surface area contributed by atoms with E-state index in [0.717, 1.165) is 38.8 Å². The van der Waals surface area contributed by atoms with Crippen molar-refractivity contribution in [3.05, 3.63) is 0 Å². The zero-order valence-electron chi connectivity index (χ0n) is 23.2. The molecule has 33 heavy (non-hydrogen) atoms. The number of likely N-dealkylation sites (tertiary alicyclic amines) is 2. The molecule has 2 aliphatic rings. The van der Waals surface area contributed by atoms with Crippen molar-refractivity contribution in [2.45, 2.75) is 111 Å². The van der Waals surface area contributed by atoms with E-state index >= 15 is 0 Å². The second kappa shape index (κ2) is 9.14. The van der Waals surface area contributed by atoms with Gasteiger partial charge in [0.1, 0.15) is 12.0 Å². The van der Waals surface area contributed by atoms with Gasteiger partial charge in [-0.3, -0.25) is 9.59 Å². The van der Waals surface area contributed by atoms with E-state index in [-0.39, 0.29) is 33.7 Å². The number of hydrogen-bond donors (Lipinski definition) is 1. The zero-order chi connectivity index (χ0) is 25.6. The third-order valence-electron chi connectivity index (χ3n) is 10.7. The Kier molecular flexibility index (Phi) is 7.78. The summed E-state index contributed by atoms with van der Waals surface area (Å²) in [6.07, 6.45) is 2.90. The summed E-state index contributed by atoms with van der Waals surface area (Å²) in [5, 5.41) is 9.36. The summed E-state index contributed by atoms with van der Waals surface area (Å²) in [6, 6.07) is 0. The molecule has 2 aliphatic heterocycles. The van der Waals surface area contributed by atoms with Crippen molar-refractivity contribution < 1.29 is 19.4 Å². The van der Waals surface area contributed by atoms with E-state index in [1.807, 2.05) is 0 Å². The first-order chi connectivity index (χ1) is 14.9. The van der Waals surface area contributed by atoms with Crippen LogP contribution < -0.4 is 0 Å². The quantitative estimate of drug-likeness (QED) is 0.418. The van der Waals surface area contributed by atoms with Gasteiger partial charge in [-0.05, 0) is 85.0 Å². The Balaban J connectivity index is 2.75. The fourth-order valence-electron chi connectivity index (χ4n) is 7.02. The van der Waals surface area contributed by atoms with Gasteiger partial charge >= 0.3 is 11.9 Å². The van der Waals surface area contributed by atoms with E-state index in [2.05, 4.69) is 86.2 Å². The van der Waals surface area contributed by atoms with Crippen molar-refractivity contribution in [2.24, 2.45) is 22.7 Å². The first-order valence-corrected chi connectivity index (χ1v) is 12.8. The fourth-order valence-corrected chi connectivity index (χ4v) is 7.02. The van der Waals surface area contributed by atoms with Crippen LogP contribution in [0, 0.1) is 22.7 Å². The number of carboxylic acids is 1. The summed E-state index contributed by atoms with van der Waals surface area (Å²) < 4.78 is 6.54. The highest BCUT2D eigenvalue weighted by molar-refractivity contribution is 5.90. The van der Waals surface area contributed by atoms with Crippen molar-refractivity contribution >= 4 is 11.9 Å². The number of rotatable bonds is 7. The molecule has 2 atom stereocenters. The van der Waals surface area contributed by atoms with Crippen molar-refractivity contribution in [3.63, 3.8) is 0 Å². The number of esters is 1. The molecule has 2 fully saturated rings. The van der Waals surface area contributed by atoms with E-state index < -0.39 is 24.0 Å². The number of carbonyl (C=O) groups excluding carboxylic acids is 1. The summed E-state index contributed by atoms with van der Waals surface area (Å²) >= 11 is 0. The van der Waals surface area contributed by atoms with Crippen molar-refractivity contribution in [2.75, 3.05) is 27.2 Å². The molecule has 1 N–H and O–H groups in total. The number of nitrogens with zero attached hydrogens (tertiary/aromatic N) is 2. The van der Waals surface area contributed by atoms with Crippen LogP contribution >= 0.6 is 0 Å². The number of aliphatic carboxylic acids is 1. The van der Waals surface area contributed by atoms with Crippen molar-refractivity contribution in [3.8, 4) is 0 Å². The van der Waals surface area contributed by atoms with Crippen LogP contribution in [0.1, 0.15) is 94.4 Å². The van der Waals surface area contributed by atoms with Gasteiger partial charge in [0, 0.05) is 22.9 Å². The zero-order valence-corrected chi connectivity index (χ0v) is 23.2. The van der Waals surface area contributed by atoms with Gasteiger partial charge in [0.05, 0.1) is 0 Å². The summed E-state index contributed by atoms with van der Waals surface area (Å²) in [4.78, 5) is 29.4. The molecule has 2 heterocycles. The molecule has 192 valence electrons. The predicted molar refractivity (Wildman–Crippen MR) is 133 cm³/mol. The molecule has 0 aromatic heterocycles. The fraction of sp³-hybridized carbons (Fsp3) is 0.926. The lowest BCUT2D eigenvalue weighted by Gasteiger charge is -2.66. The topological polar surface area (TPSA) is 70.1 Å². The maximum absolute atomic E-state index is 13.1. The van der Waals surface area contributed by atoms with Gasteiger partial charge in [-0.1, -0.05) is 41.0 Å².